The molecule has 0 aliphatic heterocycles. The van der Waals surface area contributed by atoms with Gasteiger partial charge in [0.25, 0.3) is 0 Å². The van der Waals surface area contributed by atoms with Crippen LogP contribution in [0.25, 0.3) is 0 Å². The zero-order valence-electron chi connectivity index (χ0n) is 9.59. The second-order valence-corrected chi connectivity index (χ2v) is 4.09. The Morgan fingerprint density at radius 1 is 1.44 bits per heavy atom. The average Bonchev–Trinajstić information content (AvgIpc) is 2.25. The lowest BCUT2D eigenvalue weighted by Crippen LogP contribution is -2.22. The summed E-state index contributed by atoms with van der Waals surface area (Å²) in [6.07, 6.45) is 1.30. The lowest BCUT2D eigenvalue weighted by Gasteiger charge is -2.12. The number of rotatable bonds is 5. The monoisotopic (exact) mass is 245 g/mol. The van der Waals surface area contributed by atoms with Crippen molar-refractivity contribution in [1.29, 1.82) is 0 Å². The predicted molar refractivity (Wildman–Crippen MR) is 64.5 cm³/mol. The van der Waals surface area contributed by atoms with E-state index in [1.165, 1.54) is 6.07 Å². The zero-order chi connectivity index (χ0) is 12.1. The molecule has 0 fully saturated rings. The molecule has 0 saturated carbocycles. The van der Waals surface area contributed by atoms with Crippen LogP contribution in [0.2, 0.25) is 5.02 Å². The highest BCUT2D eigenvalue weighted by Gasteiger charge is 2.11. The van der Waals surface area contributed by atoms with Crippen molar-refractivity contribution in [3.05, 3.63) is 28.5 Å². The number of benzene rings is 1. The summed E-state index contributed by atoms with van der Waals surface area (Å²) in [5.74, 6) is 0.0761. The molecular formula is C12H17ClFNO. The maximum Gasteiger partial charge on any atom is 0.140 e. The summed E-state index contributed by atoms with van der Waals surface area (Å²) >= 11 is 5.97. The van der Waals surface area contributed by atoms with Crippen molar-refractivity contribution in [1.82, 2.24) is 0 Å². The van der Waals surface area contributed by atoms with Gasteiger partial charge in [-0.15, -0.1) is 0 Å². The van der Waals surface area contributed by atoms with Crippen LogP contribution in [0, 0.1) is 5.82 Å². The maximum atomic E-state index is 13.7. The highest BCUT2D eigenvalue weighted by Crippen LogP contribution is 2.28. The Morgan fingerprint density at radius 3 is 2.69 bits per heavy atom. The molecule has 2 N–H and O–H groups in total. The van der Waals surface area contributed by atoms with Crippen LogP contribution in [0.4, 0.5) is 4.39 Å². The summed E-state index contributed by atoms with van der Waals surface area (Å²) in [4.78, 5) is 0. The molecule has 0 aliphatic rings. The van der Waals surface area contributed by atoms with Crippen LogP contribution in [0.15, 0.2) is 12.1 Å². The summed E-state index contributed by atoms with van der Waals surface area (Å²) in [6.45, 7) is 4.26. The molecule has 1 unspecified atom stereocenters. The minimum absolute atomic E-state index is 0.0384. The first-order valence-electron chi connectivity index (χ1n) is 5.44. The van der Waals surface area contributed by atoms with Crippen LogP contribution in [0.3, 0.4) is 0 Å². The van der Waals surface area contributed by atoms with Gasteiger partial charge in [0, 0.05) is 12.1 Å². The molecule has 1 aromatic rings. The van der Waals surface area contributed by atoms with Crippen molar-refractivity contribution in [2.75, 3.05) is 6.61 Å². The van der Waals surface area contributed by atoms with Gasteiger partial charge in [0.05, 0.1) is 11.6 Å². The highest BCUT2D eigenvalue weighted by molar-refractivity contribution is 6.32. The minimum atomic E-state index is -0.309. The van der Waals surface area contributed by atoms with E-state index in [4.69, 9.17) is 22.1 Å². The Hall–Kier alpha value is -0.800. The second-order valence-electron chi connectivity index (χ2n) is 3.68. The van der Waals surface area contributed by atoms with E-state index >= 15 is 0 Å². The Labute approximate surface area is 101 Å². The Kier molecular flexibility index (Phi) is 5.03. The SMILES string of the molecule is CCOc1cc(F)c(CC(N)CC)cc1Cl. The summed E-state index contributed by atoms with van der Waals surface area (Å²) < 4.78 is 18.9. The van der Waals surface area contributed by atoms with Crippen LogP contribution >= 0.6 is 11.6 Å². The maximum absolute atomic E-state index is 13.7. The highest BCUT2D eigenvalue weighted by atomic mass is 35.5. The van der Waals surface area contributed by atoms with Crippen LogP contribution in [0.5, 0.6) is 5.75 Å². The second kappa shape index (κ2) is 6.06. The van der Waals surface area contributed by atoms with E-state index in [0.717, 1.165) is 6.42 Å². The van der Waals surface area contributed by atoms with Gasteiger partial charge in [0.2, 0.25) is 0 Å². The van der Waals surface area contributed by atoms with E-state index in [9.17, 15) is 4.39 Å². The zero-order valence-corrected chi connectivity index (χ0v) is 10.4. The van der Waals surface area contributed by atoms with Gasteiger partial charge in [-0.3, -0.25) is 0 Å². The third-order valence-corrected chi connectivity index (χ3v) is 2.70. The van der Waals surface area contributed by atoms with E-state index in [2.05, 4.69) is 0 Å². The Morgan fingerprint density at radius 2 is 2.12 bits per heavy atom. The molecule has 0 aliphatic carbocycles. The van der Waals surface area contributed by atoms with Gasteiger partial charge >= 0.3 is 0 Å². The molecule has 1 rings (SSSR count). The lowest BCUT2D eigenvalue weighted by molar-refractivity contribution is 0.338. The standard InChI is InChI=1S/C12H17ClFNO/c1-3-9(15)5-8-6-10(13)12(16-4-2)7-11(8)14/h6-7,9H,3-5,15H2,1-2H3. The fourth-order valence-electron chi connectivity index (χ4n) is 1.42. The van der Waals surface area contributed by atoms with Crippen molar-refractivity contribution in [3.63, 3.8) is 0 Å². The molecule has 90 valence electrons. The molecule has 0 aromatic heterocycles. The summed E-state index contributed by atoms with van der Waals surface area (Å²) in [5.41, 5.74) is 6.32. The van der Waals surface area contributed by atoms with Crippen LogP contribution in [-0.4, -0.2) is 12.6 Å². The molecule has 2 nitrogen and oxygen atoms in total. The van der Waals surface area contributed by atoms with E-state index in [-0.39, 0.29) is 11.9 Å². The third kappa shape index (κ3) is 3.35. The predicted octanol–water partition coefficient (Wildman–Crippen LogP) is 3.16. The average molecular weight is 246 g/mol. The quantitative estimate of drug-likeness (QED) is 0.865. The normalized spacial score (nSPS) is 12.6. The van der Waals surface area contributed by atoms with Crippen molar-refractivity contribution in [2.24, 2.45) is 5.73 Å². The molecule has 0 bridgehead atoms. The number of hydrogen-bond acceptors (Lipinski definition) is 2. The Bertz CT molecular complexity index is 357. The fourth-order valence-corrected chi connectivity index (χ4v) is 1.66. The van der Waals surface area contributed by atoms with Crippen LogP contribution < -0.4 is 10.5 Å². The van der Waals surface area contributed by atoms with E-state index < -0.39 is 0 Å². The molecule has 4 heteroatoms. The summed E-state index contributed by atoms with van der Waals surface area (Å²) in [7, 11) is 0. The minimum Gasteiger partial charge on any atom is -0.492 e. The topological polar surface area (TPSA) is 35.2 Å². The molecule has 1 aromatic carbocycles. The number of hydrogen-bond donors (Lipinski definition) is 1. The molecule has 0 heterocycles. The molecule has 1 atom stereocenters. The summed E-state index contributed by atoms with van der Waals surface area (Å²) in [5, 5.41) is 0.432. The molecular weight excluding hydrogens is 229 g/mol. The molecule has 0 amide bonds. The number of nitrogens with two attached hydrogens (primary N) is 1. The van der Waals surface area contributed by atoms with Gasteiger partial charge in [-0.1, -0.05) is 18.5 Å². The van der Waals surface area contributed by atoms with Gasteiger partial charge in [-0.05, 0) is 31.4 Å². The van der Waals surface area contributed by atoms with Gasteiger partial charge < -0.3 is 10.5 Å². The van der Waals surface area contributed by atoms with Gasteiger partial charge in [-0.2, -0.15) is 0 Å². The van der Waals surface area contributed by atoms with Crippen LogP contribution in [-0.2, 0) is 6.42 Å². The first-order chi connectivity index (χ1) is 7.58. The van der Waals surface area contributed by atoms with Crippen molar-refractivity contribution >= 4 is 11.6 Å². The fraction of sp³-hybridized carbons (Fsp3) is 0.500. The summed E-state index contributed by atoms with van der Waals surface area (Å²) in [6, 6.07) is 2.88. The first-order valence-corrected chi connectivity index (χ1v) is 5.82. The first kappa shape index (κ1) is 13.3. The van der Waals surface area contributed by atoms with Crippen LogP contribution in [0.1, 0.15) is 25.8 Å². The van der Waals surface area contributed by atoms with Crippen molar-refractivity contribution in [2.45, 2.75) is 32.7 Å². The van der Waals surface area contributed by atoms with Crippen molar-refractivity contribution < 1.29 is 9.13 Å². The number of halogens is 2. The lowest BCUT2D eigenvalue weighted by atomic mass is 10.0. The van der Waals surface area contributed by atoms with Crippen molar-refractivity contribution in [3.8, 4) is 5.75 Å². The molecule has 0 spiro atoms. The van der Waals surface area contributed by atoms with Gasteiger partial charge in [0.15, 0.2) is 0 Å². The number of ether oxygens (including phenoxy) is 1. The van der Waals surface area contributed by atoms with E-state index in [1.54, 1.807) is 6.07 Å². The molecule has 16 heavy (non-hydrogen) atoms. The smallest absolute Gasteiger partial charge is 0.140 e. The van der Waals surface area contributed by atoms with E-state index in [1.807, 2.05) is 13.8 Å². The van der Waals surface area contributed by atoms with Gasteiger partial charge in [0.1, 0.15) is 11.6 Å². The molecule has 0 saturated heterocycles. The largest absolute Gasteiger partial charge is 0.492 e. The molecule has 0 radical (unpaired) electrons. The van der Waals surface area contributed by atoms with Gasteiger partial charge in [-0.25, -0.2) is 4.39 Å². The Balaban J connectivity index is 2.91. The van der Waals surface area contributed by atoms with E-state index in [0.29, 0.717) is 29.4 Å². The third-order valence-electron chi connectivity index (χ3n) is 2.41.